The lowest BCUT2D eigenvalue weighted by molar-refractivity contribution is -0.143. The summed E-state index contributed by atoms with van der Waals surface area (Å²) >= 11 is 0. The molecule has 2 fully saturated rings. The predicted octanol–water partition coefficient (Wildman–Crippen LogP) is 5.35. The van der Waals surface area contributed by atoms with Crippen LogP contribution in [-0.2, 0) is 14.4 Å². The summed E-state index contributed by atoms with van der Waals surface area (Å²) in [6.07, 6.45) is 5.02. The Labute approximate surface area is 270 Å². The Bertz CT molecular complexity index is 1430. The molecule has 0 radical (unpaired) electrons. The maximum absolute atomic E-state index is 14.4. The number of aryl methyl sites for hydroxylation is 1. The number of carboxylic acids is 1. The summed E-state index contributed by atoms with van der Waals surface area (Å²) in [5.74, 6) is -1.27. The van der Waals surface area contributed by atoms with Gasteiger partial charge in [0.25, 0.3) is 0 Å². The van der Waals surface area contributed by atoms with Crippen LogP contribution in [0.4, 0.5) is 10.1 Å². The zero-order valence-corrected chi connectivity index (χ0v) is 27.3. The number of carboxylic acid groups (broad SMARTS) is 1. The molecular weight excluding hydrogens is 593 g/mol. The standard InChI is InChI=1S/C35H46FN3O7/c1-5-8-24(9-6-2)39(25-11-12-27(36)22(3)16-25)32(41)20-38-19-26(23-17-29(44-4)34-30(18-23)45-21-46-34)33(35(42)43)28(38)13-15-37-14-7-10-31(37)40/h11-12,16-18,24,26,28,33H,5-10,13-15,19-21H2,1-4H3,(H,42,43)/t26-,28+,33-/m1/s1. The number of halogens is 1. The van der Waals surface area contributed by atoms with Gasteiger partial charge in [-0.1, -0.05) is 26.7 Å². The molecule has 5 rings (SSSR count). The number of carbonyl (C=O) groups excluding carboxylic acids is 2. The molecule has 1 N–H and O–H groups in total. The summed E-state index contributed by atoms with van der Waals surface area (Å²) in [5.41, 5.74) is 1.83. The first-order valence-corrected chi connectivity index (χ1v) is 16.5. The van der Waals surface area contributed by atoms with E-state index in [1.54, 1.807) is 34.9 Å². The van der Waals surface area contributed by atoms with Crippen LogP contribution in [0.25, 0.3) is 0 Å². The molecule has 2 amide bonds. The predicted molar refractivity (Wildman–Crippen MR) is 171 cm³/mol. The van der Waals surface area contributed by atoms with E-state index in [-0.39, 0.29) is 37.0 Å². The van der Waals surface area contributed by atoms with Crippen molar-refractivity contribution in [2.75, 3.05) is 45.0 Å². The molecule has 11 heteroatoms. The number of methoxy groups -OCH3 is 1. The molecule has 46 heavy (non-hydrogen) atoms. The van der Waals surface area contributed by atoms with Crippen molar-refractivity contribution in [2.24, 2.45) is 5.92 Å². The van der Waals surface area contributed by atoms with E-state index in [0.29, 0.717) is 61.0 Å². The highest BCUT2D eigenvalue weighted by Gasteiger charge is 2.48. The molecule has 2 saturated heterocycles. The van der Waals surface area contributed by atoms with E-state index in [1.165, 1.54) is 13.2 Å². The summed E-state index contributed by atoms with van der Waals surface area (Å²) in [6, 6.07) is 7.78. The van der Waals surface area contributed by atoms with Gasteiger partial charge in [0, 0.05) is 49.7 Å². The number of likely N-dealkylation sites (tertiary alicyclic amines) is 2. The Hall–Kier alpha value is -3.86. The molecule has 0 spiro atoms. The van der Waals surface area contributed by atoms with Crippen molar-refractivity contribution in [2.45, 2.75) is 83.7 Å². The number of ether oxygens (including phenoxy) is 3. The second kappa shape index (κ2) is 14.7. The van der Waals surface area contributed by atoms with Crippen molar-refractivity contribution in [3.8, 4) is 17.2 Å². The fraction of sp³-hybridized carbons (Fsp3) is 0.571. The molecule has 2 aromatic rings. The second-order valence-corrected chi connectivity index (χ2v) is 12.6. The quantitative estimate of drug-likeness (QED) is 0.295. The van der Waals surface area contributed by atoms with E-state index in [1.807, 2.05) is 11.0 Å². The van der Waals surface area contributed by atoms with Gasteiger partial charge in [-0.05, 0) is 74.1 Å². The van der Waals surface area contributed by atoms with E-state index in [0.717, 1.165) is 37.7 Å². The van der Waals surface area contributed by atoms with Gasteiger partial charge in [-0.3, -0.25) is 19.3 Å². The first-order valence-electron chi connectivity index (χ1n) is 16.5. The minimum absolute atomic E-state index is 0.0130. The van der Waals surface area contributed by atoms with Crippen LogP contribution >= 0.6 is 0 Å². The number of amides is 2. The van der Waals surface area contributed by atoms with Crippen molar-refractivity contribution >= 4 is 23.5 Å². The zero-order chi connectivity index (χ0) is 33.0. The summed E-state index contributed by atoms with van der Waals surface area (Å²) < 4.78 is 31.1. The van der Waals surface area contributed by atoms with Crippen molar-refractivity contribution in [1.29, 1.82) is 0 Å². The van der Waals surface area contributed by atoms with Gasteiger partial charge >= 0.3 is 5.97 Å². The summed E-state index contributed by atoms with van der Waals surface area (Å²) in [7, 11) is 1.53. The van der Waals surface area contributed by atoms with Gasteiger partial charge in [0.05, 0.1) is 19.6 Å². The molecule has 0 saturated carbocycles. The maximum atomic E-state index is 14.4. The minimum atomic E-state index is -0.963. The molecule has 250 valence electrons. The number of hydrogen-bond acceptors (Lipinski definition) is 7. The lowest BCUT2D eigenvalue weighted by atomic mass is 9.84. The Kier molecular flexibility index (Phi) is 10.7. The van der Waals surface area contributed by atoms with Gasteiger partial charge in [0.2, 0.25) is 24.4 Å². The SMILES string of the molecule is CCCC(CCC)N(C(=O)CN1C[C@H](c2cc(OC)c3c(c2)OCO3)[C@@H](C(=O)O)[C@@H]1CCN1CCCC1=O)c1ccc(F)c(C)c1. The normalized spacial score (nSPS) is 21.0. The number of aliphatic carboxylic acids is 1. The van der Waals surface area contributed by atoms with E-state index < -0.39 is 23.8 Å². The molecule has 3 aliphatic heterocycles. The molecular formula is C35H46FN3O7. The fourth-order valence-corrected chi connectivity index (χ4v) is 7.44. The van der Waals surface area contributed by atoms with Crippen molar-refractivity contribution < 1.29 is 38.1 Å². The summed E-state index contributed by atoms with van der Waals surface area (Å²) in [5, 5.41) is 10.7. The monoisotopic (exact) mass is 639 g/mol. The average Bonchev–Trinajstić information content (AvgIpc) is 3.76. The van der Waals surface area contributed by atoms with Gasteiger partial charge < -0.3 is 29.1 Å². The van der Waals surface area contributed by atoms with Crippen LogP contribution < -0.4 is 19.1 Å². The van der Waals surface area contributed by atoms with E-state index in [2.05, 4.69) is 13.8 Å². The molecule has 3 heterocycles. The van der Waals surface area contributed by atoms with Crippen LogP contribution in [0.5, 0.6) is 17.2 Å². The van der Waals surface area contributed by atoms with Gasteiger partial charge in [-0.25, -0.2) is 4.39 Å². The highest BCUT2D eigenvalue weighted by atomic mass is 19.1. The molecule has 3 atom stereocenters. The number of rotatable bonds is 14. The third kappa shape index (κ3) is 6.94. The van der Waals surface area contributed by atoms with E-state index in [9.17, 15) is 23.9 Å². The van der Waals surface area contributed by atoms with Gasteiger partial charge in [-0.2, -0.15) is 0 Å². The maximum Gasteiger partial charge on any atom is 0.308 e. The van der Waals surface area contributed by atoms with Gasteiger partial charge in [0.15, 0.2) is 11.5 Å². The number of hydrogen-bond donors (Lipinski definition) is 1. The molecule has 2 aromatic carbocycles. The van der Waals surface area contributed by atoms with Crippen LogP contribution in [0.2, 0.25) is 0 Å². The number of carbonyl (C=O) groups is 3. The number of benzene rings is 2. The summed E-state index contributed by atoms with van der Waals surface area (Å²) in [6.45, 7) is 7.27. The Morgan fingerprint density at radius 1 is 1.15 bits per heavy atom. The first-order chi connectivity index (χ1) is 22.2. The van der Waals surface area contributed by atoms with Crippen molar-refractivity contribution in [3.63, 3.8) is 0 Å². The van der Waals surface area contributed by atoms with E-state index in [4.69, 9.17) is 14.2 Å². The first kappa shape index (κ1) is 33.5. The zero-order valence-electron chi connectivity index (χ0n) is 27.3. The Morgan fingerprint density at radius 2 is 1.91 bits per heavy atom. The van der Waals surface area contributed by atoms with Gasteiger partial charge in [-0.15, -0.1) is 0 Å². The highest BCUT2D eigenvalue weighted by molar-refractivity contribution is 5.95. The Balaban J connectivity index is 1.50. The smallest absolute Gasteiger partial charge is 0.308 e. The molecule has 0 unspecified atom stereocenters. The topological polar surface area (TPSA) is 109 Å². The highest BCUT2D eigenvalue weighted by Crippen LogP contribution is 2.47. The molecule has 0 bridgehead atoms. The molecule has 10 nitrogen and oxygen atoms in total. The fourth-order valence-electron chi connectivity index (χ4n) is 7.44. The average molecular weight is 640 g/mol. The number of anilines is 1. The number of nitrogens with zero attached hydrogens (tertiary/aromatic N) is 3. The van der Waals surface area contributed by atoms with Crippen LogP contribution in [0.3, 0.4) is 0 Å². The summed E-state index contributed by atoms with van der Waals surface area (Å²) in [4.78, 5) is 45.5. The van der Waals surface area contributed by atoms with Gasteiger partial charge in [0.1, 0.15) is 5.82 Å². The lowest BCUT2D eigenvalue weighted by Crippen LogP contribution is -2.48. The third-order valence-corrected chi connectivity index (χ3v) is 9.64. The van der Waals surface area contributed by atoms with Crippen LogP contribution in [-0.4, -0.2) is 84.9 Å². The van der Waals surface area contributed by atoms with Crippen LogP contribution in [0.1, 0.15) is 75.8 Å². The second-order valence-electron chi connectivity index (χ2n) is 12.6. The van der Waals surface area contributed by atoms with Crippen molar-refractivity contribution in [1.82, 2.24) is 9.80 Å². The van der Waals surface area contributed by atoms with E-state index >= 15 is 0 Å². The van der Waals surface area contributed by atoms with Crippen LogP contribution in [0.15, 0.2) is 30.3 Å². The molecule has 0 aromatic heterocycles. The molecule has 0 aliphatic carbocycles. The third-order valence-electron chi connectivity index (χ3n) is 9.64. The number of fused-ring (bicyclic) bond motifs is 1. The molecule has 3 aliphatic rings. The van der Waals surface area contributed by atoms with Crippen molar-refractivity contribution in [3.05, 3.63) is 47.3 Å². The minimum Gasteiger partial charge on any atom is -0.493 e. The largest absolute Gasteiger partial charge is 0.493 e. The Morgan fingerprint density at radius 3 is 2.54 bits per heavy atom. The van der Waals surface area contributed by atoms with Crippen LogP contribution in [0, 0.1) is 18.7 Å². The lowest BCUT2D eigenvalue weighted by Gasteiger charge is -2.35.